The Kier molecular flexibility index (Phi) is 4.77. The second-order valence-corrected chi connectivity index (χ2v) is 2.03. The molecule has 0 aliphatic heterocycles. The Hall–Kier alpha value is -0.690. The molecule has 0 atom stereocenters. The molecule has 0 amide bonds. The molecule has 0 saturated heterocycles. The molecule has 0 fully saturated rings. The van der Waals surface area contributed by atoms with E-state index in [4.69, 9.17) is 16.3 Å². The summed E-state index contributed by atoms with van der Waals surface area (Å²) in [5.41, 5.74) is 0. The van der Waals surface area contributed by atoms with Gasteiger partial charge >= 0.3 is 0 Å². The Labute approximate surface area is 66.6 Å². The summed E-state index contributed by atoms with van der Waals surface area (Å²) in [6.07, 6.45) is 5.18. The van der Waals surface area contributed by atoms with E-state index in [-0.39, 0.29) is 0 Å². The molecule has 0 aromatic heterocycles. The van der Waals surface area contributed by atoms with Crippen molar-refractivity contribution in [1.29, 1.82) is 0 Å². The highest BCUT2D eigenvalue weighted by molar-refractivity contribution is 6.31. The first-order chi connectivity index (χ1) is 4.76. The second kappa shape index (κ2) is 5.12. The van der Waals surface area contributed by atoms with Gasteiger partial charge in [-0.3, -0.25) is 0 Å². The molecule has 1 nitrogen and oxygen atoms in total. The van der Waals surface area contributed by atoms with E-state index in [1.807, 2.05) is 13.0 Å². The van der Waals surface area contributed by atoms with Crippen molar-refractivity contribution in [3.63, 3.8) is 0 Å². The quantitative estimate of drug-likeness (QED) is 0.454. The van der Waals surface area contributed by atoms with Gasteiger partial charge < -0.3 is 4.74 Å². The van der Waals surface area contributed by atoms with Crippen LogP contribution in [-0.2, 0) is 4.74 Å². The largest absolute Gasteiger partial charge is 0.495 e. The molecule has 0 unspecified atom stereocenters. The van der Waals surface area contributed by atoms with Crippen LogP contribution in [-0.4, -0.2) is 7.11 Å². The highest BCUT2D eigenvalue weighted by atomic mass is 35.5. The van der Waals surface area contributed by atoms with Gasteiger partial charge in [-0.05, 0) is 19.1 Å². The molecule has 2 heteroatoms. The number of ether oxygens (including phenoxy) is 1. The van der Waals surface area contributed by atoms with Crippen molar-refractivity contribution < 1.29 is 4.74 Å². The summed E-state index contributed by atoms with van der Waals surface area (Å²) in [6.45, 7) is 5.40. The lowest BCUT2D eigenvalue weighted by atomic mass is 10.4. The van der Waals surface area contributed by atoms with E-state index < -0.39 is 0 Å². The summed E-state index contributed by atoms with van der Waals surface area (Å²) < 4.78 is 4.93. The molecule has 0 spiro atoms. The molecule has 0 heterocycles. The topological polar surface area (TPSA) is 9.23 Å². The van der Waals surface area contributed by atoms with E-state index in [2.05, 4.69) is 6.58 Å². The van der Waals surface area contributed by atoms with Crippen LogP contribution in [0, 0.1) is 0 Å². The summed E-state index contributed by atoms with van der Waals surface area (Å²) in [5, 5.41) is 0.528. The molecule has 10 heavy (non-hydrogen) atoms. The maximum atomic E-state index is 5.70. The zero-order valence-corrected chi connectivity index (χ0v) is 6.98. The third kappa shape index (κ3) is 2.74. The van der Waals surface area contributed by atoms with Crippen molar-refractivity contribution in [1.82, 2.24) is 0 Å². The molecule has 0 rings (SSSR count). The number of methoxy groups -OCH3 is 1. The molecule has 0 aromatic carbocycles. The van der Waals surface area contributed by atoms with Crippen molar-refractivity contribution in [2.75, 3.05) is 7.11 Å². The Balaban J connectivity index is 4.44. The summed E-state index contributed by atoms with van der Waals surface area (Å²) >= 11 is 5.70. The van der Waals surface area contributed by atoms with Crippen LogP contribution in [0.3, 0.4) is 0 Å². The van der Waals surface area contributed by atoms with E-state index in [1.54, 1.807) is 19.3 Å². The molecular formula is C8H11ClO. The monoisotopic (exact) mass is 158 g/mol. The lowest BCUT2D eigenvalue weighted by Gasteiger charge is -1.99. The minimum atomic E-state index is 0.528. The minimum absolute atomic E-state index is 0.528. The highest BCUT2D eigenvalue weighted by Crippen LogP contribution is 2.11. The number of halogens is 1. The Morgan fingerprint density at radius 3 is 2.50 bits per heavy atom. The van der Waals surface area contributed by atoms with Gasteiger partial charge in [-0.1, -0.05) is 24.3 Å². The van der Waals surface area contributed by atoms with Gasteiger partial charge in [0, 0.05) is 0 Å². The zero-order chi connectivity index (χ0) is 7.98. The predicted molar refractivity (Wildman–Crippen MR) is 44.9 cm³/mol. The molecule has 56 valence electrons. The first-order valence-electron chi connectivity index (χ1n) is 2.95. The van der Waals surface area contributed by atoms with Gasteiger partial charge in [-0.15, -0.1) is 0 Å². The average molecular weight is 159 g/mol. The second-order valence-electron chi connectivity index (χ2n) is 1.62. The number of allylic oxidation sites excluding steroid dienone is 4. The fraction of sp³-hybridized carbons (Fsp3) is 0.250. The molecule has 0 aliphatic rings. The molecule has 0 N–H and O–H groups in total. The van der Waals surface area contributed by atoms with Gasteiger partial charge in [0.2, 0.25) is 0 Å². The van der Waals surface area contributed by atoms with Crippen LogP contribution in [0.1, 0.15) is 6.92 Å². The van der Waals surface area contributed by atoms with E-state index in [0.717, 1.165) is 0 Å². The Morgan fingerprint density at radius 1 is 1.60 bits per heavy atom. The number of rotatable bonds is 3. The van der Waals surface area contributed by atoms with Gasteiger partial charge in [0.15, 0.2) is 0 Å². The van der Waals surface area contributed by atoms with Gasteiger partial charge in [0.05, 0.1) is 12.1 Å². The van der Waals surface area contributed by atoms with Crippen LogP contribution < -0.4 is 0 Å². The van der Waals surface area contributed by atoms with Crippen molar-refractivity contribution in [2.24, 2.45) is 0 Å². The summed E-state index contributed by atoms with van der Waals surface area (Å²) in [7, 11) is 1.57. The third-order valence-electron chi connectivity index (χ3n) is 0.953. The van der Waals surface area contributed by atoms with Gasteiger partial charge in [0.1, 0.15) is 5.76 Å². The van der Waals surface area contributed by atoms with Crippen molar-refractivity contribution >= 4 is 11.6 Å². The fourth-order valence-corrected chi connectivity index (χ4v) is 0.637. The van der Waals surface area contributed by atoms with Crippen molar-refractivity contribution in [3.05, 3.63) is 35.6 Å². The van der Waals surface area contributed by atoms with Crippen LogP contribution in [0.2, 0.25) is 0 Å². The standard InChI is InChI=1S/C8H11ClO/c1-4-6-8(10-3)7(9)5-2/h4-6H,2H2,1,3H3. The summed E-state index contributed by atoms with van der Waals surface area (Å²) in [6, 6.07) is 0. The maximum Gasteiger partial charge on any atom is 0.137 e. The van der Waals surface area contributed by atoms with Gasteiger partial charge in [0.25, 0.3) is 0 Å². The maximum absolute atomic E-state index is 5.70. The summed E-state index contributed by atoms with van der Waals surface area (Å²) in [5.74, 6) is 0.638. The van der Waals surface area contributed by atoms with Crippen LogP contribution in [0.25, 0.3) is 0 Å². The molecule has 0 bridgehead atoms. The average Bonchev–Trinajstić information content (AvgIpc) is 1.99. The van der Waals surface area contributed by atoms with Gasteiger partial charge in [-0.25, -0.2) is 0 Å². The van der Waals surface area contributed by atoms with E-state index in [9.17, 15) is 0 Å². The minimum Gasteiger partial charge on any atom is -0.495 e. The third-order valence-corrected chi connectivity index (χ3v) is 1.29. The van der Waals surface area contributed by atoms with Gasteiger partial charge in [-0.2, -0.15) is 0 Å². The number of hydrogen-bond acceptors (Lipinski definition) is 1. The Morgan fingerprint density at radius 2 is 2.20 bits per heavy atom. The molecule has 0 aliphatic carbocycles. The van der Waals surface area contributed by atoms with Crippen molar-refractivity contribution in [2.45, 2.75) is 6.92 Å². The van der Waals surface area contributed by atoms with Crippen LogP contribution in [0.15, 0.2) is 35.6 Å². The fourth-order valence-electron chi connectivity index (χ4n) is 0.497. The van der Waals surface area contributed by atoms with E-state index >= 15 is 0 Å². The molecule has 0 saturated carbocycles. The normalized spacial score (nSPS) is 13.1. The summed E-state index contributed by atoms with van der Waals surface area (Å²) in [4.78, 5) is 0. The lowest BCUT2D eigenvalue weighted by molar-refractivity contribution is 0.305. The van der Waals surface area contributed by atoms with Crippen LogP contribution in [0.4, 0.5) is 0 Å². The first-order valence-corrected chi connectivity index (χ1v) is 3.33. The van der Waals surface area contributed by atoms with E-state index in [0.29, 0.717) is 10.8 Å². The first kappa shape index (κ1) is 9.31. The zero-order valence-electron chi connectivity index (χ0n) is 6.23. The smallest absolute Gasteiger partial charge is 0.137 e. The Bertz CT molecular complexity index is 168. The molecule has 0 aromatic rings. The predicted octanol–water partition coefficient (Wildman–Crippen LogP) is 2.85. The highest BCUT2D eigenvalue weighted by Gasteiger charge is 1.93. The SMILES string of the molecule is C=CC(Cl)=C(C=CC)OC. The molecule has 0 radical (unpaired) electrons. The van der Waals surface area contributed by atoms with Crippen LogP contribution in [0.5, 0.6) is 0 Å². The van der Waals surface area contributed by atoms with E-state index in [1.165, 1.54) is 0 Å². The lowest BCUT2D eigenvalue weighted by Crippen LogP contribution is -1.83. The van der Waals surface area contributed by atoms with Crippen molar-refractivity contribution in [3.8, 4) is 0 Å². The van der Waals surface area contributed by atoms with Crippen LogP contribution >= 0.6 is 11.6 Å². The number of hydrogen-bond donors (Lipinski definition) is 0. The molecular weight excluding hydrogens is 148 g/mol.